The van der Waals surface area contributed by atoms with E-state index in [1.807, 2.05) is 13.8 Å². The van der Waals surface area contributed by atoms with Gasteiger partial charge in [0.15, 0.2) is 5.92 Å². The zero-order valence-corrected chi connectivity index (χ0v) is 14.0. The molecule has 1 aromatic carbocycles. The van der Waals surface area contributed by atoms with Gasteiger partial charge in [0, 0.05) is 0 Å². The summed E-state index contributed by atoms with van der Waals surface area (Å²) in [6.07, 6.45) is 3.18. The lowest BCUT2D eigenvalue weighted by molar-refractivity contribution is -0.154. The van der Waals surface area contributed by atoms with E-state index in [1.165, 1.54) is 25.3 Å². The maximum atomic E-state index is 12.1. The Morgan fingerprint density at radius 3 is 2.32 bits per heavy atom. The maximum absolute atomic E-state index is 12.1. The van der Waals surface area contributed by atoms with Crippen LogP contribution in [0.4, 0.5) is 0 Å². The normalized spacial score (nSPS) is 17.1. The minimum Gasteiger partial charge on any atom is -0.468 e. The Morgan fingerprint density at radius 1 is 1.18 bits per heavy atom. The molecule has 2 rings (SSSR count). The van der Waals surface area contributed by atoms with Crippen molar-refractivity contribution >= 4 is 11.9 Å². The number of carbonyl (C=O) groups excluding carboxylic acids is 2. The van der Waals surface area contributed by atoms with Gasteiger partial charge in [0.1, 0.15) is 0 Å². The Kier molecular flexibility index (Phi) is 4.89. The second-order valence-corrected chi connectivity index (χ2v) is 6.20. The number of carbonyl (C=O) groups is 2. The summed E-state index contributed by atoms with van der Waals surface area (Å²) in [5.41, 5.74) is 5.34. The molecule has 4 nitrogen and oxygen atoms in total. The average molecular weight is 304 g/mol. The van der Waals surface area contributed by atoms with Crippen LogP contribution in [0.15, 0.2) is 6.07 Å². The predicted octanol–water partition coefficient (Wildman–Crippen LogP) is 2.86. The SMILES string of the molecule is COC(=O)C(C(=O)OC)c1c(C)cc2c(c1C)CCC(C)C2. The molecule has 0 radical (unpaired) electrons. The van der Waals surface area contributed by atoms with E-state index in [9.17, 15) is 9.59 Å². The number of aryl methyl sites for hydroxylation is 1. The number of esters is 2. The third-order valence-corrected chi connectivity index (χ3v) is 4.68. The van der Waals surface area contributed by atoms with Crippen LogP contribution < -0.4 is 0 Å². The van der Waals surface area contributed by atoms with Gasteiger partial charge in [-0.15, -0.1) is 0 Å². The third kappa shape index (κ3) is 2.87. The highest BCUT2D eigenvalue weighted by molar-refractivity contribution is 6.01. The molecule has 1 aliphatic carbocycles. The van der Waals surface area contributed by atoms with Crippen LogP contribution in [0.25, 0.3) is 0 Å². The summed E-state index contributed by atoms with van der Waals surface area (Å²) >= 11 is 0. The van der Waals surface area contributed by atoms with Crippen molar-refractivity contribution in [2.24, 2.45) is 5.92 Å². The summed E-state index contributed by atoms with van der Waals surface area (Å²) in [5, 5.41) is 0. The van der Waals surface area contributed by atoms with Crippen LogP contribution in [0.1, 0.15) is 47.1 Å². The van der Waals surface area contributed by atoms with Gasteiger partial charge in [-0.3, -0.25) is 9.59 Å². The molecule has 0 aliphatic heterocycles. The van der Waals surface area contributed by atoms with Gasteiger partial charge in [-0.05, 0) is 66.8 Å². The molecule has 0 saturated heterocycles. The number of rotatable bonds is 3. The molecule has 0 fully saturated rings. The van der Waals surface area contributed by atoms with Crippen molar-refractivity contribution in [3.8, 4) is 0 Å². The first-order valence-corrected chi connectivity index (χ1v) is 7.68. The monoisotopic (exact) mass is 304 g/mol. The fourth-order valence-corrected chi connectivity index (χ4v) is 3.54. The molecule has 0 saturated carbocycles. The van der Waals surface area contributed by atoms with Crippen molar-refractivity contribution in [2.75, 3.05) is 14.2 Å². The van der Waals surface area contributed by atoms with E-state index in [0.29, 0.717) is 5.92 Å². The quantitative estimate of drug-likeness (QED) is 0.636. The fraction of sp³-hybridized carbons (Fsp3) is 0.556. The predicted molar refractivity (Wildman–Crippen MR) is 83.9 cm³/mol. The van der Waals surface area contributed by atoms with E-state index >= 15 is 0 Å². The number of hydrogen-bond acceptors (Lipinski definition) is 4. The maximum Gasteiger partial charge on any atom is 0.324 e. The fourth-order valence-electron chi connectivity index (χ4n) is 3.54. The second kappa shape index (κ2) is 6.51. The van der Waals surface area contributed by atoms with Crippen LogP contribution in [0, 0.1) is 19.8 Å². The van der Waals surface area contributed by atoms with Gasteiger partial charge in [-0.1, -0.05) is 13.0 Å². The molecule has 1 aromatic rings. The first kappa shape index (κ1) is 16.5. The van der Waals surface area contributed by atoms with Crippen molar-refractivity contribution in [2.45, 2.75) is 46.0 Å². The smallest absolute Gasteiger partial charge is 0.324 e. The van der Waals surface area contributed by atoms with Gasteiger partial charge in [0.05, 0.1) is 14.2 Å². The number of ether oxygens (including phenoxy) is 2. The van der Waals surface area contributed by atoms with Crippen molar-refractivity contribution in [1.82, 2.24) is 0 Å². The van der Waals surface area contributed by atoms with Crippen LogP contribution >= 0.6 is 0 Å². The van der Waals surface area contributed by atoms with Gasteiger partial charge >= 0.3 is 11.9 Å². The average Bonchev–Trinajstić information content (AvgIpc) is 2.49. The molecule has 1 atom stereocenters. The molecule has 0 aromatic heterocycles. The minimum atomic E-state index is -1.00. The van der Waals surface area contributed by atoms with Crippen molar-refractivity contribution < 1.29 is 19.1 Å². The van der Waals surface area contributed by atoms with Crippen LogP contribution in [-0.4, -0.2) is 26.2 Å². The zero-order chi connectivity index (χ0) is 16.4. The van der Waals surface area contributed by atoms with Gasteiger partial charge in [0.25, 0.3) is 0 Å². The van der Waals surface area contributed by atoms with Crippen LogP contribution in [0.5, 0.6) is 0 Å². The largest absolute Gasteiger partial charge is 0.468 e. The van der Waals surface area contributed by atoms with E-state index in [1.54, 1.807) is 0 Å². The van der Waals surface area contributed by atoms with Crippen molar-refractivity contribution in [1.29, 1.82) is 0 Å². The highest BCUT2D eigenvalue weighted by atomic mass is 16.5. The summed E-state index contributed by atoms with van der Waals surface area (Å²) in [6, 6.07) is 2.12. The highest BCUT2D eigenvalue weighted by Gasteiger charge is 2.34. The number of fused-ring (bicyclic) bond motifs is 1. The first-order chi connectivity index (χ1) is 10.4. The number of hydrogen-bond donors (Lipinski definition) is 0. The number of benzene rings is 1. The summed E-state index contributed by atoms with van der Waals surface area (Å²) in [6.45, 7) is 6.20. The second-order valence-electron chi connectivity index (χ2n) is 6.20. The van der Waals surface area contributed by atoms with E-state index in [4.69, 9.17) is 9.47 Å². The Morgan fingerprint density at radius 2 is 1.77 bits per heavy atom. The summed E-state index contributed by atoms with van der Waals surface area (Å²) in [4.78, 5) is 24.2. The van der Waals surface area contributed by atoms with Gasteiger partial charge < -0.3 is 9.47 Å². The van der Waals surface area contributed by atoms with Gasteiger partial charge in [-0.2, -0.15) is 0 Å². The van der Waals surface area contributed by atoms with E-state index in [-0.39, 0.29) is 0 Å². The standard InChI is InChI=1S/C18H24O4/c1-10-6-7-14-12(3)15(11(2)9-13(14)8-10)16(17(19)21-4)18(20)22-5/h9-10,16H,6-8H2,1-5H3. The highest BCUT2D eigenvalue weighted by Crippen LogP contribution is 2.35. The third-order valence-electron chi connectivity index (χ3n) is 4.68. The van der Waals surface area contributed by atoms with E-state index in [0.717, 1.165) is 36.0 Å². The Labute approximate surface area is 131 Å². The van der Waals surface area contributed by atoms with Crippen LogP contribution in [0.3, 0.4) is 0 Å². The Bertz CT molecular complexity index is 588. The molecule has 0 bridgehead atoms. The van der Waals surface area contributed by atoms with Gasteiger partial charge in [-0.25, -0.2) is 0 Å². The van der Waals surface area contributed by atoms with Crippen LogP contribution in [0.2, 0.25) is 0 Å². The molecule has 0 heterocycles. The summed E-state index contributed by atoms with van der Waals surface area (Å²) in [7, 11) is 2.59. The lowest BCUT2D eigenvalue weighted by Crippen LogP contribution is -2.27. The molecule has 1 unspecified atom stereocenters. The van der Waals surface area contributed by atoms with Crippen LogP contribution in [-0.2, 0) is 31.9 Å². The van der Waals surface area contributed by atoms with Crippen molar-refractivity contribution in [3.63, 3.8) is 0 Å². The topological polar surface area (TPSA) is 52.6 Å². The molecule has 22 heavy (non-hydrogen) atoms. The Balaban J connectivity index is 2.59. The lowest BCUT2D eigenvalue weighted by Gasteiger charge is -2.27. The molecular formula is C18H24O4. The molecule has 0 amide bonds. The molecule has 120 valence electrons. The molecule has 0 spiro atoms. The molecular weight excluding hydrogens is 280 g/mol. The molecule has 4 heteroatoms. The Hall–Kier alpha value is -1.84. The van der Waals surface area contributed by atoms with E-state index < -0.39 is 17.9 Å². The number of methoxy groups -OCH3 is 2. The zero-order valence-electron chi connectivity index (χ0n) is 14.0. The summed E-state index contributed by atoms with van der Waals surface area (Å²) in [5.74, 6) is -1.46. The first-order valence-electron chi connectivity index (χ1n) is 7.68. The minimum absolute atomic E-state index is 0.567. The summed E-state index contributed by atoms with van der Waals surface area (Å²) < 4.78 is 9.64. The van der Waals surface area contributed by atoms with E-state index in [2.05, 4.69) is 13.0 Å². The van der Waals surface area contributed by atoms with Crippen molar-refractivity contribution in [3.05, 3.63) is 33.9 Å². The lowest BCUT2D eigenvalue weighted by atomic mass is 9.78. The van der Waals surface area contributed by atoms with Gasteiger partial charge in [0.2, 0.25) is 0 Å². The molecule has 0 N–H and O–H groups in total. The molecule has 1 aliphatic rings.